The third-order valence-electron chi connectivity index (χ3n) is 6.07. The molecule has 0 aliphatic heterocycles. The van der Waals surface area contributed by atoms with Gasteiger partial charge in [0.15, 0.2) is 0 Å². The molecule has 0 aliphatic rings. The van der Waals surface area contributed by atoms with Crippen LogP contribution in [0.25, 0.3) is 0 Å². The molecule has 0 aromatic heterocycles. The largest absolute Gasteiger partial charge is 0.494 e. The van der Waals surface area contributed by atoms with E-state index in [1.54, 1.807) is 29.2 Å². The third-order valence-corrected chi connectivity index (χ3v) is 6.07. The van der Waals surface area contributed by atoms with E-state index in [9.17, 15) is 9.59 Å². The van der Waals surface area contributed by atoms with E-state index in [1.807, 2.05) is 79.7 Å². The highest BCUT2D eigenvalue weighted by molar-refractivity contribution is 6.06. The van der Waals surface area contributed by atoms with Crippen LogP contribution in [-0.4, -0.2) is 31.5 Å². The molecule has 2 N–H and O–H groups in total. The lowest BCUT2D eigenvalue weighted by Gasteiger charge is -2.21. The van der Waals surface area contributed by atoms with Gasteiger partial charge in [-0.1, -0.05) is 48.5 Å². The monoisotopic (exact) mass is 507 g/mol. The lowest BCUT2D eigenvalue weighted by atomic mass is 10.1. The van der Waals surface area contributed by atoms with Gasteiger partial charge in [-0.25, -0.2) is 0 Å². The molecule has 0 bridgehead atoms. The highest BCUT2D eigenvalue weighted by Crippen LogP contribution is 2.19. The summed E-state index contributed by atoms with van der Waals surface area (Å²) in [5, 5.41) is 5.98. The summed E-state index contributed by atoms with van der Waals surface area (Å²) >= 11 is 0. The standard InChI is InChI=1S/C32H33N3O3/c1-2-35(29-13-7-4-8-14-29)32(37)26-15-17-28(18-16-26)34-31(36)24-33-27-19-21-30(22-20-27)38-23-9-12-25-10-5-3-6-11-25/h3-8,10-11,13-22,33H,2,9,12,23-24H2,1H3,(H,34,36). The smallest absolute Gasteiger partial charge is 0.258 e. The lowest BCUT2D eigenvalue weighted by molar-refractivity contribution is -0.114. The van der Waals surface area contributed by atoms with Crippen LogP contribution >= 0.6 is 0 Å². The SMILES string of the molecule is CCN(C(=O)c1ccc(NC(=O)CNc2ccc(OCCCc3ccccc3)cc2)cc1)c1ccccc1. The number of hydrogen-bond donors (Lipinski definition) is 2. The number of carbonyl (C=O) groups is 2. The Hall–Kier alpha value is -4.58. The second-order valence-electron chi connectivity index (χ2n) is 8.83. The maximum absolute atomic E-state index is 12.9. The van der Waals surface area contributed by atoms with Gasteiger partial charge in [0.05, 0.1) is 13.2 Å². The minimum atomic E-state index is -0.176. The number of benzene rings is 4. The normalized spacial score (nSPS) is 10.4. The molecule has 194 valence electrons. The van der Waals surface area contributed by atoms with E-state index >= 15 is 0 Å². The molecule has 0 saturated heterocycles. The zero-order valence-electron chi connectivity index (χ0n) is 21.6. The van der Waals surface area contributed by atoms with Crippen LogP contribution in [0, 0.1) is 0 Å². The maximum atomic E-state index is 12.9. The van der Waals surface area contributed by atoms with Crippen LogP contribution in [0.4, 0.5) is 17.1 Å². The number of aryl methyl sites for hydroxylation is 1. The molecule has 0 atom stereocenters. The highest BCUT2D eigenvalue weighted by atomic mass is 16.5. The molecule has 4 rings (SSSR count). The van der Waals surface area contributed by atoms with Gasteiger partial charge in [-0.3, -0.25) is 9.59 Å². The Bertz CT molecular complexity index is 1290. The van der Waals surface area contributed by atoms with E-state index in [4.69, 9.17) is 4.74 Å². The van der Waals surface area contributed by atoms with E-state index in [0.717, 1.165) is 30.0 Å². The molecule has 4 aromatic rings. The first kappa shape index (κ1) is 26.5. The molecule has 6 nitrogen and oxygen atoms in total. The van der Waals surface area contributed by atoms with Gasteiger partial charge in [-0.2, -0.15) is 0 Å². The fourth-order valence-electron chi connectivity index (χ4n) is 4.07. The molecular weight excluding hydrogens is 474 g/mol. The summed E-state index contributed by atoms with van der Waals surface area (Å²) in [6, 6.07) is 34.5. The zero-order chi connectivity index (χ0) is 26.6. The van der Waals surface area contributed by atoms with E-state index in [-0.39, 0.29) is 18.4 Å². The van der Waals surface area contributed by atoms with Gasteiger partial charge in [-0.15, -0.1) is 0 Å². The molecule has 38 heavy (non-hydrogen) atoms. The second-order valence-corrected chi connectivity index (χ2v) is 8.83. The lowest BCUT2D eigenvalue weighted by Crippen LogP contribution is -2.30. The maximum Gasteiger partial charge on any atom is 0.258 e. The molecule has 0 fully saturated rings. The minimum absolute atomic E-state index is 0.0816. The van der Waals surface area contributed by atoms with Crippen LogP contribution in [0.3, 0.4) is 0 Å². The number of rotatable bonds is 12. The predicted molar refractivity (Wildman–Crippen MR) is 154 cm³/mol. The molecule has 6 heteroatoms. The number of nitrogens with one attached hydrogen (secondary N) is 2. The first-order valence-electron chi connectivity index (χ1n) is 12.9. The summed E-state index contributed by atoms with van der Waals surface area (Å²) in [6.07, 6.45) is 1.93. The molecular formula is C32H33N3O3. The first-order chi connectivity index (χ1) is 18.6. The Kier molecular flexibility index (Phi) is 9.51. The van der Waals surface area contributed by atoms with Gasteiger partial charge in [0.25, 0.3) is 5.91 Å². The molecule has 4 aromatic carbocycles. The average molecular weight is 508 g/mol. The van der Waals surface area contributed by atoms with Crippen molar-refractivity contribution in [3.05, 3.63) is 120 Å². The quantitative estimate of drug-likeness (QED) is 0.217. The molecule has 2 amide bonds. The van der Waals surface area contributed by atoms with Crippen molar-refractivity contribution in [1.82, 2.24) is 0 Å². The molecule has 0 heterocycles. The van der Waals surface area contributed by atoms with Gasteiger partial charge >= 0.3 is 0 Å². The van der Waals surface area contributed by atoms with Crippen molar-refractivity contribution in [3.8, 4) is 5.75 Å². The summed E-state index contributed by atoms with van der Waals surface area (Å²) in [4.78, 5) is 27.1. The van der Waals surface area contributed by atoms with Crippen molar-refractivity contribution in [2.75, 3.05) is 35.2 Å². The van der Waals surface area contributed by atoms with E-state index in [1.165, 1.54) is 5.56 Å². The fourth-order valence-corrected chi connectivity index (χ4v) is 4.07. The van der Waals surface area contributed by atoms with Crippen LogP contribution in [0.2, 0.25) is 0 Å². The fraction of sp³-hybridized carbons (Fsp3) is 0.188. The number of carbonyl (C=O) groups excluding carboxylic acids is 2. The van der Waals surface area contributed by atoms with E-state index in [2.05, 4.69) is 22.8 Å². The van der Waals surface area contributed by atoms with Crippen LogP contribution in [-0.2, 0) is 11.2 Å². The van der Waals surface area contributed by atoms with Gasteiger partial charge < -0.3 is 20.3 Å². The average Bonchev–Trinajstić information content (AvgIpc) is 2.97. The van der Waals surface area contributed by atoms with Crippen molar-refractivity contribution in [3.63, 3.8) is 0 Å². The Labute approximate surface area is 224 Å². The Morgan fingerprint density at radius 1 is 0.763 bits per heavy atom. The Balaban J connectivity index is 1.20. The third kappa shape index (κ3) is 7.71. The van der Waals surface area contributed by atoms with Crippen molar-refractivity contribution in [2.45, 2.75) is 19.8 Å². The molecule has 0 radical (unpaired) electrons. The Morgan fingerprint density at radius 2 is 1.39 bits per heavy atom. The van der Waals surface area contributed by atoms with Crippen LogP contribution in [0.1, 0.15) is 29.3 Å². The molecule has 0 spiro atoms. The summed E-state index contributed by atoms with van der Waals surface area (Å²) in [5.74, 6) is 0.545. The minimum Gasteiger partial charge on any atom is -0.494 e. The molecule has 0 unspecified atom stereocenters. The molecule has 0 saturated carbocycles. The summed E-state index contributed by atoms with van der Waals surface area (Å²) in [6.45, 7) is 3.28. The van der Waals surface area contributed by atoms with Gasteiger partial charge in [0.2, 0.25) is 5.91 Å². The number of anilines is 3. The molecule has 0 aliphatic carbocycles. The van der Waals surface area contributed by atoms with Gasteiger partial charge in [-0.05, 0) is 86.0 Å². The van der Waals surface area contributed by atoms with E-state index < -0.39 is 0 Å². The second kappa shape index (κ2) is 13.7. The Morgan fingerprint density at radius 3 is 2.05 bits per heavy atom. The first-order valence-corrected chi connectivity index (χ1v) is 12.9. The van der Waals surface area contributed by atoms with Gasteiger partial charge in [0, 0.05) is 29.2 Å². The van der Waals surface area contributed by atoms with Gasteiger partial charge in [0.1, 0.15) is 5.75 Å². The van der Waals surface area contributed by atoms with Crippen LogP contribution < -0.4 is 20.3 Å². The van der Waals surface area contributed by atoms with Crippen LogP contribution in [0.5, 0.6) is 5.75 Å². The summed E-state index contributed by atoms with van der Waals surface area (Å²) < 4.78 is 5.83. The van der Waals surface area contributed by atoms with Crippen molar-refractivity contribution in [2.24, 2.45) is 0 Å². The number of para-hydroxylation sites is 1. The van der Waals surface area contributed by atoms with Crippen molar-refractivity contribution >= 4 is 28.9 Å². The predicted octanol–water partition coefficient (Wildman–Crippen LogP) is 6.42. The topological polar surface area (TPSA) is 70.7 Å². The van der Waals surface area contributed by atoms with E-state index in [0.29, 0.717) is 24.4 Å². The summed E-state index contributed by atoms with van der Waals surface area (Å²) in [7, 11) is 0. The van der Waals surface area contributed by atoms with Crippen molar-refractivity contribution in [1.29, 1.82) is 0 Å². The number of hydrogen-bond acceptors (Lipinski definition) is 4. The highest BCUT2D eigenvalue weighted by Gasteiger charge is 2.16. The van der Waals surface area contributed by atoms with Crippen molar-refractivity contribution < 1.29 is 14.3 Å². The number of ether oxygens (including phenoxy) is 1. The zero-order valence-corrected chi connectivity index (χ0v) is 21.6. The number of nitrogens with zero attached hydrogens (tertiary/aromatic N) is 1. The van der Waals surface area contributed by atoms with Crippen LogP contribution in [0.15, 0.2) is 109 Å². The summed E-state index contributed by atoms with van der Waals surface area (Å²) in [5.41, 5.74) is 4.19. The number of amides is 2.